The average molecular weight is 198 g/mol. The Morgan fingerprint density at radius 3 is 2.92 bits per heavy atom. The number of rotatable bonds is 1. The van der Waals surface area contributed by atoms with Crippen LogP contribution in [0.1, 0.15) is 12.8 Å². The van der Waals surface area contributed by atoms with Crippen molar-refractivity contribution >= 4 is 11.6 Å². The summed E-state index contributed by atoms with van der Waals surface area (Å²) in [6.45, 7) is 0. The van der Waals surface area contributed by atoms with Gasteiger partial charge in [-0.25, -0.2) is 0 Å². The van der Waals surface area contributed by atoms with E-state index >= 15 is 0 Å². The van der Waals surface area contributed by atoms with Crippen molar-refractivity contribution < 1.29 is 0 Å². The van der Waals surface area contributed by atoms with Crippen LogP contribution in [-0.4, -0.2) is 11.4 Å². The number of alkyl halides is 1. The number of allylic oxidation sites excluding steroid dienone is 2. The lowest BCUT2D eigenvalue weighted by Gasteiger charge is -2.30. The molecule has 0 amide bonds. The molecule has 0 aliphatic heterocycles. The second kappa shape index (κ2) is 2.57. The maximum atomic E-state index is 10.6. The first-order valence-corrected chi connectivity index (χ1v) is 5.40. The van der Waals surface area contributed by atoms with Gasteiger partial charge in [0.1, 0.15) is 6.04 Å². The Morgan fingerprint density at radius 1 is 1.31 bits per heavy atom. The highest BCUT2D eigenvalue weighted by Gasteiger charge is 2.58. The van der Waals surface area contributed by atoms with E-state index in [0.717, 1.165) is 12.3 Å². The zero-order valence-corrected chi connectivity index (χ0v) is 8.02. The van der Waals surface area contributed by atoms with Gasteiger partial charge in [-0.05, 0) is 36.5 Å². The van der Waals surface area contributed by atoms with Crippen molar-refractivity contribution in [2.75, 3.05) is 0 Å². The Morgan fingerprint density at radius 2 is 2.15 bits per heavy atom. The quantitative estimate of drug-likeness (QED) is 0.361. The summed E-state index contributed by atoms with van der Waals surface area (Å²) in [5, 5.41) is 3.21. The largest absolute Gasteiger partial charge is 0.150 e. The van der Waals surface area contributed by atoms with Crippen molar-refractivity contribution in [3.05, 3.63) is 17.1 Å². The van der Waals surface area contributed by atoms with Crippen molar-refractivity contribution in [3.8, 4) is 0 Å². The van der Waals surface area contributed by atoms with Crippen LogP contribution in [0.2, 0.25) is 0 Å². The zero-order valence-electron chi connectivity index (χ0n) is 7.27. The summed E-state index contributed by atoms with van der Waals surface area (Å²) < 4.78 is 0. The number of fused-ring (bicyclic) bond motifs is 5. The molecule has 3 aliphatic carbocycles. The molecule has 13 heavy (non-hydrogen) atoms. The molecule has 3 rings (SSSR count). The molecule has 3 aliphatic rings. The van der Waals surface area contributed by atoms with Crippen LogP contribution in [0.3, 0.4) is 0 Å². The lowest BCUT2D eigenvalue weighted by Crippen LogP contribution is -2.35. The summed E-state index contributed by atoms with van der Waals surface area (Å²) >= 11 is 6.22. The van der Waals surface area contributed by atoms with Crippen molar-refractivity contribution in [1.29, 1.82) is 0 Å². The van der Waals surface area contributed by atoms with Crippen LogP contribution in [0, 0.1) is 28.6 Å². The number of hydrogen-bond donors (Lipinski definition) is 0. The Bertz CT molecular complexity index is 276. The monoisotopic (exact) mass is 197 g/mol. The van der Waals surface area contributed by atoms with Gasteiger partial charge in [-0.2, -0.15) is 4.91 Å². The van der Waals surface area contributed by atoms with Gasteiger partial charge in [-0.1, -0.05) is 17.3 Å². The summed E-state index contributed by atoms with van der Waals surface area (Å²) in [5.41, 5.74) is 0. The second-order valence-corrected chi connectivity index (χ2v) is 5.01. The molecule has 2 saturated carbocycles. The molecule has 70 valence electrons. The van der Waals surface area contributed by atoms with Crippen molar-refractivity contribution in [3.63, 3.8) is 0 Å². The molecular weight excluding hydrogens is 186 g/mol. The maximum Gasteiger partial charge on any atom is 0.112 e. The average Bonchev–Trinajstić information content (AvgIpc) is 2.71. The molecule has 0 aromatic heterocycles. The molecule has 0 aromatic carbocycles. The first-order chi connectivity index (χ1) is 6.33. The molecule has 0 N–H and O–H groups in total. The number of nitroso groups, excluding NO2 is 1. The van der Waals surface area contributed by atoms with Gasteiger partial charge in [0.15, 0.2) is 0 Å². The van der Waals surface area contributed by atoms with Crippen LogP contribution in [0.25, 0.3) is 0 Å². The molecule has 0 aromatic rings. The summed E-state index contributed by atoms with van der Waals surface area (Å²) in [6.07, 6.45) is 6.81. The molecule has 2 nitrogen and oxygen atoms in total. The van der Waals surface area contributed by atoms with E-state index in [1.54, 1.807) is 0 Å². The van der Waals surface area contributed by atoms with Gasteiger partial charge in [0.2, 0.25) is 0 Å². The second-order valence-electron chi connectivity index (χ2n) is 4.51. The van der Waals surface area contributed by atoms with Gasteiger partial charge in [0.05, 0.1) is 5.38 Å². The fourth-order valence-electron chi connectivity index (χ4n) is 3.62. The van der Waals surface area contributed by atoms with Crippen molar-refractivity contribution in [1.82, 2.24) is 0 Å². The minimum atomic E-state index is -0.115. The molecule has 0 heterocycles. The number of hydrogen-bond acceptors (Lipinski definition) is 2. The molecule has 2 fully saturated rings. The number of halogens is 1. The van der Waals surface area contributed by atoms with Crippen LogP contribution < -0.4 is 0 Å². The van der Waals surface area contributed by atoms with E-state index in [0.29, 0.717) is 17.8 Å². The van der Waals surface area contributed by atoms with Crippen LogP contribution in [0.4, 0.5) is 0 Å². The Balaban J connectivity index is 1.94. The van der Waals surface area contributed by atoms with E-state index in [1.165, 1.54) is 6.42 Å². The van der Waals surface area contributed by atoms with Crippen LogP contribution in [0.5, 0.6) is 0 Å². The normalized spacial score (nSPS) is 57.0. The summed E-state index contributed by atoms with van der Waals surface area (Å²) in [7, 11) is 0. The number of nitrogens with zero attached hydrogens (tertiary/aromatic N) is 1. The van der Waals surface area contributed by atoms with Crippen molar-refractivity contribution in [2.24, 2.45) is 28.8 Å². The van der Waals surface area contributed by atoms with Gasteiger partial charge in [-0.3, -0.25) is 0 Å². The van der Waals surface area contributed by atoms with E-state index in [1.807, 2.05) is 0 Å². The highest BCUT2D eigenvalue weighted by molar-refractivity contribution is 6.21. The van der Waals surface area contributed by atoms with Gasteiger partial charge in [-0.15, -0.1) is 11.6 Å². The van der Waals surface area contributed by atoms with Gasteiger partial charge >= 0.3 is 0 Å². The Labute approximate surface area is 82.3 Å². The molecule has 6 atom stereocenters. The minimum Gasteiger partial charge on any atom is -0.150 e. The predicted molar refractivity (Wildman–Crippen MR) is 51.6 cm³/mol. The Hall–Kier alpha value is -0.370. The lowest BCUT2D eigenvalue weighted by molar-refractivity contribution is 0.263. The highest BCUT2D eigenvalue weighted by atomic mass is 35.5. The molecule has 0 spiro atoms. The van der Waals surface area contributed by atoms with Gasteiger partial charge < -0.3 is 0 Å². The molecule has 6 unspecified atom stereocenters. The summed E-state index contributed by atoms with van der Waals surface area (Å²) in [5.74, 6) is 2.34. The van der Waals surface area contributed by atoms with Crippen LogP contribution in [-0.2, 0) is 0 Å². The van der Waals surface area contributed by atoms with Crippen molar-refractivity contribution in [2.45, 2.75) is 24.3 Å². The van der Waals surface area contributed by atoms with Crippen LogP contribution in [0.15, 0.2) is 17.3 Å². The third-order valence-electron chi connectivity index (χ3n) is 4.15. The third kappa shape index (κ3) is 0.850. The minimum absolute atomic E-state index is 0.0173. The first kappa shape index (κ1) is 7.98. The lowest BCUT2D eigenvalue weighted by atomic mass is 9.79. The molecule has 2 bridgehead atoms. The zero-order chi connectivity index (χ0) is 9.00. The van der Waals surface area contributed by atoms with Gasteiger partial charge in [0.25, 0.3) is 0 Å². The smallest absolute Gasteiger partial charge is 0.112 e. The third-order valence-corrected chi connectivity index (χ3v) is 4.73. The predicted octanol–water partition coefficient (Wildman–Crippen LogP) is 2.57. The molecular formula is C10H12ClNO. The fraction of sp³-hybridized carbons (Fsp3) is 0.800. The van der Waals surface area contributed by atoms with E-state index < -0.39 is 0 Å². The van der Waals surface area contributed by atoms with E-state index in [9.17, 15) is 4.91 Å². The van der Waals surface area contributed by atoms with E-state index in [-0.39, 0.29) is 11.4 Å². The van der Waals surface area contributed by atoms with Gasteiger partial charge in [0, 0.05) is 0 Å². The highest BCUT2D eigenvalue weighted by Crippen LogP contribution is 2.58. The standard InChI is InChI=1S/C10H12ClNO/c11-9-7-4-8(10(9)12-13)6-3-1-2-5(6)7/h1,3,5-10H,2,4H2. The summed E-state index contributed by atoms with van der Waals surface area (Å²) in [4.78, 5) is 10.6. The molecule has 0 saturated heterocycles. The first-order valence-electron chi connectivity index (χ1n) is 4.96. The van der Waals surface area contributed by atoms with E-state index in [4.69, 9.17) is 11.6 Å². The SMILES string of the molecule is O=NC1C(Cl)C2CC1C1C=CCC12. The molecule has 0 radical (unpaired) electrons. The summed E-state index contributed by atoms with van der Waals surface area (Å²) in [6, 6.07) is -0.115. The fourth-order valence-corrected chi connectivity index (χ4v) is 4.14. The maximum absolute atomic E-state index is 10.6. The topological polar surface area (TPSA) is 29.4 Å². The van der Waals surface area contributed by atoms with E-state index in [2.05, 4.69) is 17.3 Å². The van der Waals surface area contributed by atoms with Crippen LogP contribution >= 0.6 is 11.6 Å². The molecule has 3 heteroatoms. The Kier molecular flexibility index (Phi) is 1.58.